The molecule has 0 rings (SSSR count). The van der Waals surface area contributed by atoms with Crippen molar-refractivity contribution in [2.75, 3.05) is 26.4 Å². The minimum Gasteiger partial charge on any atom is -0.462 e. The van der Waals surface area contributed by atoms with Gasteiger partial charge in [-0.05, 0) is 148 Å². The molecule has 0 aromatic carbocycles. The van der Waals surface area contributed by atoms with E-state index in [1.807, 2.05) is 0 Å². The van der Waals surface area contributed by atoms with Crippen LogP contribution in [0.5, 0.6) is 0 Å². The third kappa shape index (κ3) is 71.5. The van der Waals surface area contributed by atoms with Crippen molar-refractivity contribution in [2.45, 2.75) is 251 Å². The van der Waals surface area contributed by atoms with E-state index >= 15 is 0 Å². The predicted octanol–water partition coefficient (Wildman–Crippen LogP) is 23.1. The number of phosphoric acid groups is 1. The molecule has 0 amide bonds. The highest BCUT2D eigenvalue weighted by Gasteiger charge is 2.26. The molecule has 0 aliphatic rings. The van der Waals surface area contributed by atoms with Crippen molar-refractivity contribution in [3.05, 3.63) is 207 Å². The molecular formula is C79H124NO8P. The number of allylic oxidation sites excluding steroid dienone is 34. The number of ether oxygens (including phenoxy) is 2. The molecule has 0 fully saturated rings. The van der Waals surface area contributed by atoms with E-state index in [1.54, 1.807) is 0 Å². The van der Waals surface area contributed by atoms with Gasteiger partial charge in [0.15, 0.2) is 6.10 Å². The number of hydrogen-bond acceptors (Lipinski definition) is 8. The molecule has 3 N–H and O–H groups in total. The molecular weight excluding hydrogens is 1120 g/mol. The third-order valence-electron chi connectivity index (χ3n) is 13.7. The average Bonchev–Trinajstić information content (AvgIpc) is 3.58. The maximum absolute atomic E-state index is 12.8. The van der Waals surface area contributed by atoms with Crippen LogP contribution in [0, 0.1) is 0 Å². The SMILES string of the molecule is CC/C=C\C/C=C\C/C=C\C/C=C\C/C=C\C/C=C\C/C=C\C/C=C\C/C=C\CCCCCCCCCCCCCCCC(=O)OC(COC(=O)CCCC/C=C\C/C=C\C/C=C\C/C=C\C/C=C\C/C=C\C/C=C\C/C=C\CC)COP(=O)(O)OCCN. The second-order valence-corrected chi connectivity index (χ2v) is 23.4. The Morgan fingerprint density at radius 3 is 0.888 bits per heavy atom. The highest BCUT2D eigenvalue weighted by Crippen LogP contribution is 2.43. The summed E-state index contributed by atoms with van der Waals surface area (Å²) in [4.78, 5) is 35.3. The minimum atomic E-state index is -4.42. The molecule has 9 nitrogen and oxygen atoms in total. The monoisotopic (exact) mass is 1250 g/mol. The van der Waals surface area contributed by atoms with E-state index in [0.717, 1.165) is 141 Å². The molecule has 0 aromatic rings. The first-order chi connectivity index (χ1) is 43.8. The van der Waals surface area contributed by atoms with Gasteiger partial charge in [-0.2, -0.15) is 0 Å². The largest absolute Gasteiger partial charge is 0.472 e. The predicted molar refractivity (Wildman–Crippen MR) is 385 cm³/mol. The van der Waals surface area contributed by atoms with Crippen molar-refractivity contribution in [3.63, 3.8) is 0 Å². The number of carbonyl (C=O) groups excluding carboxylic acids is 2. The van der Waals surface area contributed by atoms with E-state index < -0.39 is 32.5 Å². The summed E-state index contributed by atoms with van der Waals surface area (Å²) in [5.41, 5.74) is 5.39. The minimum absolute atomic E-state index is 0.0366. The quantitative estimate of drug-likeness (QED) is 0.0264. The maximum Gasteiger partial charge on any atom is 0.472 e. The second-order valence-electron chi connectivity index (χ2n) is 21.9. The van der Waals surface area contributed by atoms with Gasteiger partial charge in [0.05, 0.1) is 13.2 Å². The van der Waals surface area contributed by atoms with E-state index in [2.05, 4.69) is 220 Å². The number of unbranched alkanes of at least 4 members (excludes halogenated alkanes) is 15. The first-order valence-electron chi connectivity index (χ1n) is 34.6. The van der Waals surface area contributed by atoms with Gasteiger partial charge < -0.3 is 20.1 Å². The Balaban J connectivity index is 4.02. The van der Waals surface area contributed by atoms with Crippen molar-refractivity contribution >= 4 is 19.8 Å². The van der Waals surface area contributed by atoms with Gasteiger partial charge >= 0.3 is 19.8 Å². The Morgan fingerprint density at radius 2 is 0.584 bits per heavy atom. The first kappa shape index (κ1) is 83.6. The van der Waals surface area contributed by atoms with E-state index in [-0.39, 0.29) is 32.6 Å². The molecule has 0 aliphatic heterocycles. The van der Waals surface area contributed by atoms with Gasteiger partial charge in [-0.3, -0.25) is 18.6 Å². The molecule has 0 aliphatic carbocycles. The van der Waals surface area contributed by atoms with Gasteiger partial charge in [-0.15, -0.1) is 0 Å². The third-order valence-corrected chi connectivity index (χ3v) is 14.6. The summed E-state index contributed by atoms with van der Waals surface area (Å²) < 4.78 is 33.1. The number of esters is 2. The van der Waals surface area contributed by atoms with Gasteiger partial charge in [0.1, 0.15) is 6.61 Å². The Morgan fingerprint density at radius 1 is 0.337 bits per heavy atom. The molecule has 0 heterocycles. The molecule has 10 heteroatoms. The lowest BCUT2D eigenvalue weighted by Crippen LogP contribution is -2.29. The standard InChI is InChI=1S/C79H124NO8P/c1-3-5-7-9-11-13-15-17-19-21-23-25-27-29-31-32-33-34-35-36-37-38-39-40-41-42-43-44-46-48-50-52-54-56-58-60-62-64-66-68-70-72-79(82)88-77(76-87-89(83,84)86-74-73-80)75-85-78(81)71-69-67-65-63-61-59-57-55-53-51-49-47-45-30-28-26-24-22-20-18-16-14-12-10-8-6-4-2/h5-8,11-14,17-20,23-26,29-31,33-34,36-37,39-40,42-43,45,49,51,55,57,61,63,77H,3-4,9-10,15-16,21-22,27-28,32,35,38,41,44,46-48,50,52-54,56,58-60,62,64-76,80H2,1-2H3,(H,83,84)/b7-5-,8-6-,13-11-,14-12-,19-17-,20-18-,25-23-,26-24-,31-29-,34-33-,37-36-,40-39-,43-42-,45-30-,51-49-,57-55-,63-61-. The van der Waals surface area contributed by atoms with Crippen LogP contribution in [0.15, 0.2) is 207 Å². The van der Waals surface area contributed by atoms with E-state index in [1.165, 1.54) is 64.2 Å². The highest BCUT2D eigenvalue weighted by molar-refractivity contribution is 7.47. The number of rotatable bonds is 62. The van der Waals surface area contributed by atoms with Crippen molar-refractivity contribution in [3.8, 4) is 0 Å². The maximum atomic E-state index is 12.8. The average molecular weight is 1250 g/mol. The number of hydrogen-bond donors (Lipinski definition) is 2. The van der Waals surface area contributed by atoms with E-state index in [0.29, 0.717) is 12.8 Å². The zero-order valence-electron chi connectivity index (χ0n) is 55.8. The van der Waals surface area contributed by atoms with Crippen LogP contribution in [0.4, 0.5) is 0 Å². The molecule has 0 bridgehead atoms. The highest BCUT2D eigenvalue weighted by atomic mass is 31.2. The van der Waals surface area contributed by atoms with Crippen LogP contribution >= 0.6 is 7.82 Å². The number of carbonyl (C=O) groups is 2. The summed E-state index contributed by atoms with van der Waals surface area (Å²) in [6.07, 6.45) is 111. The molecule has 89 heavy (non-hydrogen) atoms. The van der Waals surface area contributed by atoms with Gasteiger partial charge in [0.25, 0.3) is 0 Å². The van der Waals surface area contributed by atoms with Crippen molar-refractivity contribution < 1.29 is 37.6 Å². The molecule has 498 valence electrons. The molecule has 2 atom stereocenters. The van der Waals surface area contributed by atoms with Crippen LogP contribution in [0.3, 0.4) is 0 Å². The summed E-state index contributed by atoms with van der Waals surface area (Å²) in [6, 6.07) is 0. The van der Waals surface area contributed by atoms with E-state index in [4.69, 9.17) is 24.3 Å². The molecule has 0 saturated carbocycles. The Kier molecular flexibility index (Phi) is 67.3. The van der Waals surface area contributed by atoms with Gasteiger partial charge in [-0.25, -0.2) is 4.57 Å². The zero-order valence-corrected chi connectivity index (χ0v) is 56.7. The lowest BCUT2D eigenvalue weighted by Gasteiger charge is -2.19. The molecule has 2 unspecified atom stereocenters. The summed E-state index contributed by atoms with van der Waals surface area (Å²) in [7, 11) is -4.42. The van der Waals surface area contributed by atoms with E-state index in [9.17, 15) is 19.0 Å². The van der Waals surface area contributed by atoms with Crippen molar-refractivity contribution in [1.82, 2.24) is 0 Å². The van der Waals surface area contributed by atoms with Crippen LogP contribution < -0.4 is 5.73 Å². The first-order valence-corrected chi connectivity index (χ1v) is 36.1. The van der Waals surface area contributed by atoms with Crippen LogP contribution in [-0.4, -0.2) is 49.3 Å². The fraction of sp³-hybridized carbons (Fsp3) is 0.544. The summed E-state index contributed by atoms with van der Waals surface area (Å²) in [5, 5.41) is 0. The second kappa shape index (κ2) is 71.7. The fourth-order valence-electron chi connectivity index (χ4n) is 8.64. The zero-order chi connectivity index (χ0) is 64.4. The smallest absolute Gasteiger partial charge is 0.462 e. The lowest BCUT2D eigenvalue weighted by atomic mass is 10.0. The van der Waals surface area contributed by atoms with Crippen molar-refractivity contribution in [2.24, 2.45) is 5.73 Å². The normalized spacial score (nSPS) is 14.2. The van der Waals surface area contributed by atoms with Gasteiger partial charge in [0, 0.05) is 19.4 Å². The topological polar surface area (TPSA) is 134 Å². The molecule has 0 aromatic heterocycles. The summed E-state index contributed by atoms with van der Waals surface area (Å²) in [6.45, 7) is 3.44. The van der Waals surface area contributed by atoms with Crippen LogP contribution in [0.1, 0.15) is 245 Å². The van der Waals surface area contributed by atoms with Crippen molar-refractivity contribution in [1.29, 1.82) is 0 Å². The van der Waals surface area contributed by atoms with Crippen LogP contribution in [0.25, 0.3) is 0 Å². The van der Waals surface area contributed by atoms with Crippen LogP contribution in [0.2, 0.25) is 0 Å². The number of nitrogens with two attached hydrogens (primary N) is 1. The van der Waals surface area contributed by atoms with Gasteiger partial charge in [0.2, 0.25) is 0 Å². The number of phosphoric ester groups is 1. The van der Waals surface area contributed by atoms with Gasteiger partial charge in [-0.1, -0.05) is 291 Å². The fourth-order valence-corrected chi connectivity index (χ4v) is 9.41. The molecule has 0 radical (unpaired) electrons. The molecule has 0 saturated heterocycles. The Hall–Kier alpha value is -5.41. The Bertz CT molecular complexity index is 2210. The summed E-state index contributed by atoms with van der Waals surface area (Å²) in [5.74, 6) is -0.894. The van der Waals surface area contributed by atoms with Crippen LogP contribution in [-0.2, 0) is 32.7 Å². The Labute approximate surface area is 544 Å². The lowest BCUT2D eigenvalue weighted by molar-refractivity contribution is -0.161. The molecule has 0 spiro atoms. The summed E-state index contributed by atoms with van der Waals surface area (Å²) >= 11 is 0.